The summed E-state index contributed by atoms with van der Waals surface area (Å²) in [5, 5.41) is 3.60. The molecular formula is C12H25NS. The lowest BCUT2D eigenvalue weighted by atomic mass is 9.86. The highest BCUT2D eigenvalue weighted by atomic mass is 32.2. The summed E-state index contributed by atoms with van der Waals surface area (Å²) >= 11 is 2.07. The van der Waals surface area contributed by atoms with Gasteiger partial charge in [-0.2, -0.15) is 11.8 Å². The van der Waals surface area contributed by atoms with Crippen LogP contribution in [0.1, 0.15) is 46.5 Å². The lowest BCUT2D eigenvalue weighted by molar-refractivity contribution is 0.318. The summed E-state index contributed by atoms with van der Waals surface area (Å²) in [6, 6.07) is 0.871. The van der Waals surface area contributed by atoms with Gasteiger partial charge in [-0.3, -0.25) is 0 Å². The molecule has 0 spiro atoms. The van der Waals surface area contributed by atoms with Gasteiger partial charge < -0.3 is 5.32 Å². The molecule has 1 fully saturated rings. The second-order valence-electron chi connectivity index (χ2n) is 5.09. The maximum Gasteiger partial charge on any atom is 0.00682 e. The van der Waals surface area contributed by atoms with E-state index in [0.717, 1.165) is 6.04 Å². The molecule has 0 aromatic heterocycles. The molecule has 1 aliphatic carbocycles. The van der Waals surface area contributed by atoms with Crippen LogP contribution in [0.2, 0.25) is 0 Å². The van der Waals surface area contributed by atoms with Gasteiger partial charge in [0.2, 0.25) is 0 Å². The largest absolute Gasteiger partial charge is 0.314 e. The third kappa shape index (κ3) is 5.92. The maximum atomic E-state index is 3.60. The second kappa shape index (κ2) is 6.02. The van der Waals surface area contributed by atoms with Gasteiger partial charge in [-0.15, -0.1) is 0 Å². The summed E-state index contributed by atoms with van der Waals surface area (Å²) in [5.74, 6) is 2.59. The van der Waals surface area contributed by atoms with Crippen LogP contribution in [0.5, 0.6) is 0 Å². The summed E-state index contributed by atoms with van der Waals surface area (Å²) in [4.78, 5) is 0. The third-order valence-corrected chi connectivity index (χ3v) is 3.84. The van der Waals surface area contributed by atoms with E-state index in [4.69, 9.17) is 0 Å². The molecule has 0 aromatic rings. The Morgan fingerprint density at radius 1 is 1.29 bits per heavy atom. The number of rotatable bonds is 8. The predicted octanol–water partition coefficient (Wildman–Crippen LogP) is 3.30. The first-order chi connectivity index (χ1) is 6.64. The van der Waals surface area contributed by atoms with E-state index < -0.39 is 0 Å². The van der Waals surface area contributed by atoms with E-state index >= 15 is 0 Å². The average Bonchev–Trinajstić information content (AvgIpc) is 2.88. The van der Waals surface area contributed by atoms with E-state index in [1.165, 1.54) is 43.7 Å². The zero-order chi connectivity index (χ0) is 10.4. The van der Waals surface area contributed by atoms with E-state index in [-0.39, 0.29) is 0 Å². The van der Waals surface area contributed by atoms with E-state index in [1.807, 2.05) is 0 Å². The molecule has 84 valence electrons. The molecule has 1 N–H and O–H groups in total. The molecule has 14 heavy (non-hydrogen) atoms. The number of hydrogen-bond acceptors (Lipinski definition) is 2. The molecule has 0 amide bonds. The van der Waals surface area contributed by atoms with Crippen LogP contribution in [0.25, 0.3) is 0 Å². The second-order valence-corrected chi connectivity index (χ2v) is 6.48. The van der Waals surface area contributed by atoms with Gasteiger partial charge in [-0.1, -0.05) is 20.8 Å². The molecule has 1 saturated carbocycles. The zero-order valence-corrected chi connectivity index (χ0v) is 10.8. The highest BCUT2D eigenvalue weighted by molar-refractivity contribution is 7.99. The van der Waals surface area contributed by atoms with Gasteiger partial charge in [0.15, 0.2) is 0 Å². The Bertz CT molecular complexity index is 152. The SMILES string of the molecule is CCSCCC(C)(C)CCNC1CC1. The summed E-state index contributed by atoms with van der Waals surface area (Å²) in [5.41, 5.74) is 0.532. The Morgan fingerprint density at radius 3 is 2.57 bits per heavy atom. The first-order valence-electron chi connectivity index (χ1n) is 5.95. The fourth-order valence-corrected chi connectivity index (χ4v) is 2.51. The van der Waals surface area contributed by atoms with Crippen molar-refractivity contribution >= 4 is 11.8 Å². The molecule has 0 aromatic carbocycles. The van der Waals surface area contributed by atoms with Crippen molar-refractivity contribution in [2.45, 2.75) is 52.5 Å². The molecule has 0 unspecified atom stereocenters. The van der Waals surface area contributed by atoms with Crippen LogP contribution in [0.15, 0.2) is 0 Å². The highest BCUT2D eigenvalue weighted by Gasteiger charge is 2.22. The maximum absolute atomic E-state index is 3.60. The van der Waals surface area contributed by atoms with Crippen LogP contribution in [-0.2, 0) is 0 Å². The van der Waals surface area contributed by atoms with Gasteiger partial charge in [0.05, 0.1) is 0 Å². The Labute approximate surface area is 93.4 Å². The predicted molar refractivity (Wildman–Crippen MR) is 67.0 cm³/mol. The molecule has 0 atom stereocenters. The smallest absolute Gasteiger partial charge is 0.00682 e. The molecule has 1 rings (SSSR count). The summed E-state index contributed by atoms with van der Waals surface area (Å²) in [6.07, 6.45) is 5.50. The van der Waals surface area contributed by atoms with Gasteiger partial charge in [0.1, 0.15) is 0 Å². The first-order valence-corrected chi connectivity index (χ1v) is 7.10. The minimum absolute atomic E-state index is 0.532. The van der Waals surface area contributed by atoms with E-state index in [0.29, 0.717) is 5.41 Å². The fraction of sp³-hybridized carbons (Fsp3) is 1.00. The standard InChI is InChI=1S/C12H25NS/c1-4-14-10-8-12(2,3)7-9-13-11-5-6-11/h11,13H,4-10H2,1-3H3. The Morgan fingerprint density at radius 2 is 2.00 bits per heavy atom. The fourth-order valence-electron chi connectivity index (χ4n) is 1.52. The summed E-state index contributed by atoms with van der Waals surface area (Å²) in [6.45, 7) is 8.26. The van der Waals surface area contributed by atoms with Crippen LogP contribution in [0.3, 0.4) is 0 Å². The highest BCUT2D eigenvalue weighted by Crippen LogP contribution is 2.27. The molecule has 0 radical (unpaired) electrons. The Kier molecular flexibility index (Phi) is 5.32. The molecule has 0 bridgehead atoms. The zero-order valence-electron chi connectivity index (χ0n) is 9.94. The normalized spacial score (nSPS) is 17.4. The lowest BCUT2D eigenvalue weighted by Crippen LogP contribution is -2.24. The number of thioether (sulfide) groups is 1. The van der Waals surface area contributed by atoms with Crippen molar-refractivity contribution < 1.29 is 0 Å². The molecule has 1 aliphatic rings. The summed E-state index contributed by atoms with van der Waals surface area (Å²) < 4.78 is 0. The summed E-state index contributed by atoms with van der Waals surface area (Å²) in [7, 11) is 0. The Hall–Kier alpha value is 0.310. The van der Waals surface area contributed by atoms with Gasteiger partial charge in [0, 0.05) is 6.04 Å². The van der Waals surface area contributed by atoms with E-state index in [2.05, 4.69) is 37.8 Å². The van der Waals surface area contributed by atoms with Crippen molar-refractivity contribution in [2.24, 2.45) is 5.41 Å². The van der Waals surface area contributed by atoms with Gasteiger partial charge >= 0.3 is 0 Å². The van der Waals surface area contributed by atoms with Crippen molar-refractivity contribution in [3.05, 3.63) is 0 Å². The van der Waals surface area contributed by atoms with Crippen molar-refractivity contribution in [3.8, 4) is 0 Å². The average molecular weight is 215 g/mol. The molecule has 0 saturated heterocycles. The van der Waals surface area contributed by atoms with Crippen molar-refractivity contribution in [1.29, 1.82) is 0 Å². The van der Waals surface area contributed by atoms with E-state index in [1.54, 1.807) is 0 Å². The van der Waals surface area contributed by atoms with Crippen LogP contribution in [0.4, 0.5) is 0 Å². The quantitative estimate of drug-likeness (QED) is 0.624. The number of nitrogens with one attached hydrogen (secondary N) is 1. The third-order valence-electron chi connectivity index (χ3n) is 2.94. The van der Waals surface area contributed by atoms with Gasteiger partial charge in [-0.25, -0.2) is 0 Å². The van der Waals surface area contributed by atoms with Crippen LogP contribution in [0, 0.1) is 5.41 Å². The molecule has 2 heteroatoms. The van der Waals surface area contributed by atoms with Crippen LogP contribution >= 0.6 is 11.8 Å². The minimum atomic E-state index is 0.532. The van der Waals surface area contributed by atoms with Gasteiger partial charge in [0.25, 0.3) is 0 Å². The lowest BCUT2D eigenvalue weighted by Gasteiger charge is -2.24. The molecule has 0 heterocycles. The van der Waals surface area contributed by atoms with Crippen molar-refractivity contribution in [1.82, 2.24) is 5.32 Å². The topological polar surface area (TPSA) is 12.0 Å². The van der Waals surface area contributed by atoms with E-state index in [9.17, 15) is 0 Å². The minimum Gasteiger partial charge on any atom is -0.314 e. The first kappa shape index (κ1) is 12.4. The molecular weight excluding hydrogens is 190 g/mol. The van der Waals surface area contributed by atoms with Crippen molar-refractivity contribution in [2.75, 3.05) is 18.1 Å². The van der Waals surface area contributed by atoms with Crippen molar-refractivity contribution in [3.63, 3.8) is 0 Å². The monoisotopic (exact) mass is 215 g/mol. The van der Waals surface area contributed by atoms with Crippen LogP contribution in [-0.4, -0.2) is 24.1 Å². The number of hydrogen-bond donors (Lipinski definition) is 1. The van der Waals surface area contributed by atoms with Gasteiger partial charge in [-0.05, 0) is 49.1 Å². The molecule has 1 nitrogen and oxygen atoms in total. The Balaban J connectivity index is 1.99. The van der Waals surface area contributed by atoms with Crippen LogP contribution < -0.4 is 5.32 Å². The molecule has 0 aliphatic heterocycles.